The van der Waals surface area contributed by atoms with Crippen molar-refractivity contribution in [2.24, 2.45) is 0 Å². The molecule has 0 aliphatic rings. The van der Waals surface area contributed by atoms with E-state index in [4.69, 9.17) is 4.74 Å². The van der Waals surface area contributed by atoms with E-state index < -0.39 is 6.04 Å². The van der Waals surface area contributed by atoms with Crippen LogP contribution >= 0.6 is 0 Å². The van der Waals surface area contributed by atoms with Gasteiger partial charge < -0.3 is 10.1 Å². The molecule has 0 saturated carbocycles. The lowest BCUT2D eigenvalue weighted by molar-refractivity contribution is -0.140. The highest BCUT2D eigenvalue weighted by atomic mass is 16.5. The molecule has 1 atom stereocenters. The summed E-state index contributed by atoms with van der Waals surface area (Å²) in [6.45, 7) is 5.51. The van der Waals surface area contributed by atoms with Crippen molar-refractivity contribution in [3.63, 3.8) is 0 Å². The Kier molecular flexibility index (Phi) is 7.35. The Morgan fingerprint density at radius 2 is 1.40 bits per heavy atom. The predicted octanol–water partition coefficient (Wildman–Crippen LogP) is 4.93. The molecule has 5 heteroatoms. The maximum Gasteiger partial charge on any atom is 0.333 e. The monoisotopic (exact) mass is 402 g/mol. The van der Waals surface area contributed by atoms with Crippen LogP contribution in [0, 0.1) is 0 Å². The number of benzene rings is 3. The second-order valence-electron chi connectivity index (χ2n) is 6.80. The number of anilines is 1. The number of esters is 1. The maximum atomic E-state index is 13.0. The minimum atomic E-state index is -0.473. The topological polar surface area (TPSA) is 58.6 Å². The smallest absolute Gasteiger partial charge is 0.333 e. The van der Waals surface area contributed by atoms with Crippen LogP contribution in [-0.4, -0.2) is 29.9 Å². The van der Waals surface area contributed by atoms with Crippen molar-refractivity contribution in [1.82, 2.24) is 4.90 Å². The van der Waals surface area contributed by atoms with Gasteiger partial charge in [-0.3, -0.25) is 9.69 Å². The number of rotatable bonds is 8. The van der Waals surface area contributed by atoms with Crippen LogP contribution in [0.5, 0.6) is 5.75 Å². The van der Waals surface area contributed by atoms with E-state index in [-0.39, 0.29) is 11.9 Å². The van der Waals surface area contributed by atoms with Crippen LogP contribution in [0.3, 0.4) is 0 Å². The Labute approximate surface area is 177 Å². The zero-order valence-corrected chi connectivity index (χ0v) is 17.2. The highest BCUT2D eigenvalue weighted by Crippen LogP contribution is 2.24. The average Bonchev–Trinajstić information content (AvgIpc) is 2.79. The molecule has 0 radical (unpaired) electrons. The molecule has 1 unspecified atom stereocenters. The van der Waals surface area contributed by atoms with Gasteiger partial charge in [-0.1, -0.05) is 62.4 Å². The van der Waals surface area contributed by atoms with Gasteiger partial charge in [0.1, 0.15) is 11.8 Å². The molecule has 154 valence electrons. The summed E-state index contributed by atoms with van der Waals surface area (Å²) in [5.74, 6) is -0.0808. The number of nitrogens with zero attached hydrogens (tertiary/aromatic N) is 1. The first-order valence-electron chi connectivity index (χ1n) is 10.1. The Morgan fingerprint density at radius 3 is 1.97 bits per heavy atom. The molecule has 1 amide bonds. The Balaban J connectivity index is 1.70. The third kappa shape index (κ3) is 5.33. The molecule has 3 aromatic rings. The summed E-state index contributed by atoms with van der Waals surface area (Å²) in [4.78, 5) is 27.3. The van der Waals surface area contributed by atoms with Crippen molar-refractivity contribution < 1.29 is 14.3 Å². The SMILES string of the molecule is CCN(CC)C(C(=O)Oc1ccc(NC(=O)c2ccccc2)cc1)c1ccccc1. The zero-order chi connectivity index (χ0) is 21.3. The van der Waals surface area contributed by atoms with Crippen LogP contribution in [-0.2, 0) is 4.79 Å². The number of nitrogens with one attached hydrogen (secondary N) is 1. The van der Waals surface area contributed by atoms with Crippen molar-refractivity contribution >= 4 is 17.6 Å². The zero-order valence-electron chi connectivity index (χ0n) is 17.2. The van der Waals surface area contributed by atoms with E-state index in [0.717, 1.165) is 18.7 Å². The highest BCUT2D eigenvalue weighted by molar-refractivity contribution is 6.04. The van der Waals surface area contributed by atoms with Crippen LogP contribution < -0.4 is 10.1 Å². The van der Waals surface area contributed by atoms with Crippen LogP contribution in [0.25, 0.3) is 0 Å². The van der Waals surface area contributed by atoms with E-state index in [2.05, 4.69) is 10.2 Å². The first-order valence-corrected chi connectivity index (χ1v) is 10.1. The number of carbonyl (C=O) groups excluding carboxylic acids is 2. The summed E-state index contributed by atoms with van der Waals surface area (Å²) in [6.07, 6.45) is 0. The number of hydrogen-bond acceptors (Lipinski definition) is 4. The van der Waals surface area contributed by atoms with Gasteiger partial charge in [0, 0.05) is 11.3 Å². The molecule has 0 aliphatic carbocycles. The minimum Gasteiger partial charge on any atom is -0.425 e. The fourth-order valence-electron chi connectivity index (χ4n) is 3.29. The van der Waals surface area contributed by atoms with Crippen molar-refractivity contribution in [2.45, 2.75) is 19.9 Å². The van der Waals surface area contributed by atoms with E-state index in [0.29, 0.717) is 17.0 Å². The molecular weight excluding hydrogens is 376 g/mol. The highest BCUT2D eigenvalue weighted by Gasteiger charge is 2.27. The maximum absolute atomic E-state index is 13.0. The van der Waals surface area contributed by atoms with Crippen LogP contribution in [0.4, 0.5) is 5.69 Å². The molecule has 5 nitrogen and oxygen atoms in total. The van der Waals surface area contributed by atoms with Crippen LogP contribution in [0.15, 0.2) is 84.9 Å². The van der Waals surface area contributed by atoms with Crippen LogP contribution in [0.2, 0.25) is 0 Å². The number of hydrogen-bond donors (Lipinski definition) is 1. The lowest BCUT2D eigenvalue weighted by Gasteiger charge is -2.28. The Bertz CT molecular complexity index is 953. The summed E-state index contributed by atoms with van der Waals surface area (Å²) in [6, 6.07) is 25.0. The summed E-state index contributed by atoms with van der Waals surface area (Å²) < 4.78 is 5.67. The van der Waals surface area contributed by atoms with Crippen LogP contribution in [0.1, 0.15) is 35.8 Å². The molecule has 0 saturated heterocycles. The van der Waals surface area contributed by atoms with E-state index in [1.807, 2.05) is 62.4 Å². The molecule has 3 aromatic carbocycles. The largest absolute Gasteiger partial charge is 0.425 e. The summed E-state index contributed by atoms with van der Waals surface area (Å²) in [5, 5.41) is 2.84. The lowest BCUT2D eigenvalue weighted by atomic mass is 10.1. The second-order valence-corrected chi connectivity index (χ2v) is 6.80. The molecule has 0 aromatic heterocycles. The van der Waals surface area contributed by atoms with E-state index >= 15 is 0 Å². The van der Waals surface area contributed by atoms with Gasteiger partial charge in [-0.15, -0.1) is 0 Å². The third-order valence-electron chi connectivity index (χ3n) is 4.88. The molecule has 0 fully saturated rings. The number of carbonyl (C=O) groups is 2. The molecular formula is C25H26N2O3. The third-order valence-corrected chi connectivity index (χ3v) is 4.88. The molecule has 0 aliphatic heterocycles. The number of likely N-dealkylation sites (N-methyl/N-ethyl adjacent to an activating group) is 1. The molecule has 3 rings (SSSR count). The van der Waals surface area contributed by atoms with Gasteiger partial charge in [-0.2, -0.15) is 0 Å². The molecule has 0 heterocycles. The summed E-state index contributed by atoms with van der Waals surface area (Å²) in [7, 11) is 0. The van der Waals surface area contributed by atoms with Gasteiger partial charge in [0.25, 0.3) is 5.91 Å². The van der Waals surface area contributed by atoms with E-state index in [9.17, 15) is 9.59 Å². The van der Waals surface area contributed by atoms with E-state index in [1.165, 1.54) is 0 Å². The van der Waals surface area contributed by atoms with Gasteiger partial charge >= 0.3 is 5.97 Å². The van der Waals surface area contributed by atoms with Gasteiger partial charge in [0.15, 0.2) is 0 Å². The number of amides is 1. The van der Waals surface area contributed by atoms with Gasteiger partial charge in [-0.25, -0.2) is 4.79 Å². The Morgan fingerprint density at radius 1 is 0.833 bits per heavy atom. The van der Waals surface area contributed by atoms with Crippen molar-refractivity contribution in [2.75, 3.05) is 18.4 Å². The van der Waals surface area contributed by atoms with Gasteiger partial charge in [-0.05, 0) is 55.1 Å². The van der Waals surface area contributed by atoms with E-state index in [1.54, 1.807) is 36.4 Å². The standard InChI is InChI=1S/C25H26N2O3/c1-3-27(4-2)23(19-11-7-5-8-12-19)25(29)30-22-17-15-21(16-18-22)26-24(28)20-13-9-6-10-14-20/h5-18,23H,3-4H2,1-2H3,(H,26,28). The molecule has 30 heavy (non-hydrogen) atoms. The first kappa shape index (κ1) is 21.3. The molecule has 0 bridgehead atoms. The molecule has 1 N–H and O–H groups in total. The quantitative estimate of drug-likeness (QED) is 0.429. The predicted molar refractivity (Wildman–Crippen MR) is 119 cm³/mol. The fourth-order valence-corrected chi connectivity index (χ4v) is 3.29. The van der Waals surface area contributed by atoms with Crippen molar-refractivity contribution in [1.29, 1.82) is 0 Å². The summed E-state index contributed by atoms with van der Waals surface area (Å²) >= 11 is 0. The van der Waals surface area contributed by atoms with Gasteiger partial charge in [0.2, 0.25) is 0 Å². The van der Waals surface area contributed by atoms with Crippen molar-refractivity contribution in [3.8, 4) is 5.75 Å². The molecule has 0 spiro atoms. The minimum absolute atomic E-state index is 0.189. The second kappa shape index (κ2) is 10.4. The first-order chi connectivity index (χ1) is 14.6. The average molecular weight is 402 g/mol. The number of ether oxygens (including phenoxy) is 1. The lowest BCUT2D eigenvalue weighted by Crippen LogP contribution is -2.36. The fraction of sp³-hybridized carbons (Fsp3) is 0.200. The Hall–Kier alpha value is -3.44. The van der Waals surface area contributed by atoms with Crippen molar-refractivity contribution in [3.05, 3.63) is 96.1 Å². The van der Waals surface area contributed by atoms with Gasteiger partial charge in [0.05, 0.1) is 0 Å². The normalized spacial score (nSPS) is 11.7. The summed E-state index contributed by atoms with van der Waals surface area (Å²) in [5.41, 5.74) is 2.11.